The Bertz CT molecular complexity index is 668. The first-order valence-corrected chi connectivity index (χ1v) is 6.49. The van der Waals surface area contributed by atoms with Gasteiger partial charge in [-0.25, -0.2) is 9.38 Å². The number of Topliss-reactive ketones (excluding diaryl/α,β-unsaturated/α-hetero) is 1. The lowest BCUT2D eigenvalue weighted by atomic mass is 10.1. The van der Waals surface area contributed by atoms with Gasteiger partial charge in [0.15, 0.2) is 6.61 Å². The number of aliphatic imine (C=N–C) groups is 1. The number of allylic oxidation sites excluding steroid dienone is 1. The number of rotatable bonds is 3. The number of nitrogens with one attached hydrogen (secondary N) is 1. The van der Waals surface area contributed by atoms with Crippen molar-refractivity contribution in [3.05, 3.63) is 47.4 Å². The molecule has 5 heteroatoms. The van der Waals surface area contributed by atoms with Crippen molar-refractivity contribution < 1.29 is 13.9 Å². The molecule has 4 nitrogen and oxygen atoms in total. The van der Waals surface area contributed by atoms with E-state index in [-0.39, 0.29) is 24.0 Å². The molecule has 0 aliphatic carbocycles. The van der Waals surface area contributed by atoms with Gasteiger partial charge in [0.25, 0.3) is 0 Å². The fourth-order valence-electron chi connectivity index (χ4n) is 1.83. The summed E-state index contributed by atoms with van der Waals surface area (Å²) in [5, 5.41) is 2.90. The molecular formula is C16H15FN2O2. The Kier molecular flexibility index (Phi) is 4.72. The van der Waals surface area contributed by atoms with Crippen LogP contribution in [-0.2, 0) is 4.74 Å². The van der Waals surface area contributed by atoms with Gasteiger partial charge in [-0.15, -0.1) is 5.92 Å². The van der Waals surface area contributed by atoms with Gasteiger partial charge in [0.05, 0.1) is 11.3 Å². The van der Waals surface area contributed by atoms with E-state index >= 15 is 0 Å². The number of carbonyl (C=O) groups excluding carboxylic acids is 1. The first kappa shape index (κ1) is 14.8. The van der Waals surface area contributed by atoms with Crippen molar-refractivity contribution in [2.75, 3.05) is 6.61 Å². The Hall–Kier alpha value is -2.61. The lowest BCUT2D eigenvalue weighted by molar-refractivity contribution is 0.102. The van der Waals surface area contributed by atoms with Crippen molar-refractivity contribution in [1.82, 2.24) is 5.32 Å². The van der Waals surface area contributed by atoms with E-state index in [2.05, 4.69) is 22.2 Å². The number of hydrogen-bond acceptors (Lipinski definition) is 4. The van der Waals surface area contributed by atoms with E-state index in [1.165, 1.54) is 24.3 Å². The number of carbonyl (C=O) groups is 1. The highest BCUT2D eigenvalue weighted by atomic mass is 19.1. The molecule has 2 rings (SSSR count). The van der Waals surface area contributed by atoms with E-state index in [9.17, 15) is 9.18 Å². The second-order valence-corrected chi connectivity index (χ2v) is 4.37. The summed E-state index contributed by atoms with van der Waals surface area (Å²) < 4.78 is 19.0. The van der Waals surface area contributed by atoms with Crippen LogP contribution in [0.3, 0.4) is 0 Å². The first-order chi connectivity index (χ1) is 10.1. The number of nitrogens with zero attached hydrogens (tertiary/aromatic N) is 1. The average molecular weight is 286 g/mol. The summed E-state index contributed by atoms with van der Waals surface area (Å²) in [5.74, 6) is 4.77. The molecule has 0 amide bonds. The van der Waals surface area contributed by atoms with Crippen LogP contribution in [-0.4, -0.2) is 24.5 Å². The molecule has 1 aromatic rings. The van der Waals surface area contributed by atoms with E-state index in [1.54, 1.807) is 19.9 Å². The quantitative estimate of drug-likeness (QED) is 0.685. The van der Waals surface area contributed by atoms with E-state index < -0.39 is 11.6 Å². The molecule has 0 aromatic heterocycles. The van der Waals surface area contributed by atoms with Crippen molar-refractivity contribution in [2.24, 2.45) is 4.99 Å². The van der Waals surface area contributed by atoms with Crippen LogP contribution in [0, 0.1) is 17.7 Å². The molecule has 1 heterocycles. The standard InChI is InChI=1S/C16H15FN2O2/c1-3-4-9-21-15-10-14(18-11(2)19-15)16(20)12-7-5-6-8-13(12)17/h5-8,10-11,18H,9H2,1-2H3. The average Bonchev–Trinajstić information content (AvgIpc) is 2.47. The maximum atomic E-state index is 13.7. The smallest absolute Gasteiger partial charge is 0.213 e. The predicted octanol–water partition coefficient (Wildman–Crippen LogP) is 2.28. The number of ketones is 1. The molecule has 108 valence electrons. The van der Waals surface area contributed by atoms with Crippen molar-refractivity contribution >= 4 is 11.7 Å². The van der Waals surface area contributed by atoms with Gasteiger partial charge in [0.2, 0.25) is 11.7 Å². The Morgan fingerprint density at radius 1 is 1.48 bits per heavy atom. The van der Waals surface area contributed by atoms with Gasteiger partial charge in [-0.05, 0) is 26.0 Å². The SMILES string of the molecule is CC#CCOC1=NC(C)NC(C(=O)c2ccccc2F)=C1. The van der Waals surface area contributed by atoms with E-state index in [4.69, 9.17) is 4.74 Å². The molecule has 0 bridgehead atoms. The zero-order chi connectivity index (χ0) is 15.2. The summed E-state index contributed by atoms with van der Waals surface area (Å²) in [5.41, 5.74) is 0.264. The third kappa shape index (κ3) is 3.69. The molecule has 1 N–H and O–H groups in total. The number of benzene rings is 1. The third-order valence-corrected chi connectivity index (χ3v) is 2.79. The highest BCUT2D eigenvalue weighted by Gasteiger charge is 2.21. The second-order valence-electron chi connectivity index (χ2n) is 4.37. The molecule has 1 atom stereocenters. The summed E-state index contributed by atoms with van der Waals surface area (Å²) >= 11 is 0. The molecule has 1 aliphatic heterocycles. The van der Waals surface area contributed by atoms with Crippen LogP contribution in [0.1, 0.15) is 24.2 Å². The number of halogens is 1. The molecule has 1 aromatic carbocycles. The molecule has 0 fully saturated rings. The van der Waals surface area contributed by atoms with Crippen LogP contribution in [0.15, 0.2) is 41.0 Å². The molecule has 1 aliphatic rings. The monoisotopic (exact) mass is 286 g/mol. The Balaban J connectivity index is 2.22. The van der Waals surface area contributed by atoms with Crippen LogP contribution in [0.4, 0.5) is 4.39 Å². The fraction of sp³-hybridized carbons (Fsp3) is 0.250. The Morgan fingerprint density at radius 2 is 2.24 bits per heavy atom. The summed E-state index contributed by atoms with van der Waals surface area (Å²) in [6.07, 6.45) is 1.14. The normalized spacial score (nSPS) is 16.8. The summed E-state index contributed by atoms with van der Waals surface area (Å²) in [7, 11) is 0. The lowest BCUT2D eigenvalue weighted by Crippen LogP contribution is -2.33. The van der Waals surface area contributed by atoms with E-state index in [1.807, 2.05) is 0 Å². The molecule has 0 spiro atoms. The van der Waals surface area contributed by atoms with Gasteiger partial charge in [-0.1, -0.05) is 18.1 Å². The van der Waals surface area contributed by atoms with Crippen LogP contribution in [0.25, 0.3) is 0 Å². The maximum Gasteiger partial charge on any atom is 0.213 e. The van der Waals surface area contributed by atoms with Crippen molar-refractivity contribution in [1.29, 1.82) is 0 Å². The minimum Gasteiger partial charge on any atom is -0.465 e. The van der Waals surface area contributed by atoms with Gasteiger partial charge in [0.1, 0.15) is 12.0 Å². The van der Waals surface area contributed by atoms with Gasteiger partial charge in [0, 0.05) is 6.08 Å². The van der Waals surface area contributed by atoms with E-state index in [0.29, 0.717) is 5.90 Å². The number of hydrogen-bond donors (Lipinski definition) is 1. The predicted molar refractivity (Wildman–Crippen MR) is 78.2 cm³/mol. The van der Waals surface area contributed by atoms with Gasteiger partial charge in [-0.3, -0.25) is 4.79 Å². The molecular weight excluding hydrogens is 271 g/mol. The van der Waals surface area contributed by atoms with Crippen LogP contribution >= 0.6 is 0 Å². The lowest BCUT2D eigenvalue weighted by Gasteiger charge is -2.20. The molecule has 0 saturated carbocycles. The molecule has 0 radical (unpaired) electrons. The topological polar surface area (TPSA) is 50.7 Å². The summed E-state index contributed by atoms with van der Waals surface area (Å²) in [6.45, 7) is 3.68. The minimum absolute atomic E-state index is 0.0121. The summed E-state index contributed by atoms with van der Waals surface area (Å²) in [4.78, 5) is 16.5. The Labute approximate surface area is 122 Å². The fourth-order valence-corrected chi connectivity index (χ4v) is 1.83. The van der Waals surface area contributed by atoms with Crippen molar-refractivity contribution in [2.45, 2.75) is 20.0 Å². The largest absolute Gasteiger partial charge is 0.465 e. The molecule has 0 saturated heterocycles. The van der Waals surface area contributed by atoms with Gasteiger partial charge >= 0.3 is 0 Å². The second kappa shape index (κ2) is 6.71. The minimum atomic E-state index is -0.556. The first-order valence-electron chi connectivity index (χ1n) is 6.49. The molecule has 1 unspecified atom stereocenters. The van der Waals surface area contributed by atoms with Crippen molar-refractivity contribution in [3.8, 4) is 11.8 Å². The summed E-state index contributed by atoms with van der Waals surface area (Å²) in [6, 6.07) is 5.85. The van der Waals surface area contributed by atoms with Crippen LogP contribution in [0.2, 0.25) is 0 Å². The number of ether oxygens (including phenoxy) is 1. The van der Waals surface area contributed by atoms with E-state index in [0.717, 1.165) is 0 Å². The molecule has 21 heavy (non-hydrogen) atoms. The van der Waals surface area contributed by atoms with Crippen LogP contribution < -0.4 is 5.32 Å². The van der Waals surface area contributed by atoms with Crippen molar-refractivity contribution in [3.63, 3.8) is 0 Å². The highest BCUT2D eigenvalue weighted by Crippen LogP contribution is 2.14. The zero-order valence-corrected chi connectivity index (χ0v) is 11.8. The van der Waals surface area contributed by atoms with Gasteiger partial charge < -0.3 is 10.1 Å². The van der Waals surface area contributed by atoms with Gasteiger partial charge in [-0.2, -0.15) is 0 Å². The zero-order valence-electron chi connectivity index (χ0n) is 11.8. The Morgan fingerprint density at radius 3 is 2.95 bits per heavy atom. The third-order valence-electron chi connectivity index (χ3n) is 2.79. The van der Waals surface area contributed by atoms with Crippen LogP contribution in [0.5, 0.6) is 0 Å². The highest BCUT2D eigenvalue weighted by molar-refractivity contribution is 6.12. The maximum absolute atomic E-state index is 13.7.